The molecule has 3 heterocycles. The van der Waals surface area contributed by atoms with Crippen molar-refractivity contribution in [3.8, 4) is 10.6 Å². The van der Waals surface area contributed by atoms with E-state index in [0.29, 0.717) is 4.96 Å². The first-order chi connectivity index (χ1) is 14.1. The normalized spacial score (nSPS) is 14.9. The van der Waals surface area contributed by atoms with Crippen molar-refractivity contribution < 1.29 is 0 Å². The topological polar surface area (TPSA) is 74.6 Å². The van der Waals surface area contributed by atoms with Crippen LogP contribution in [0.5, 0.6) is 0 Å². The van der Waals surface area contributed by atoms with Gasteiger partial charge in [0.25, 0.3) is 5.56 Å². The van der Waals surface area contributed by atoms with E-state index in [0.717, 1.165) is 54.8 Å². The van der Waals surface area contributed by atoms with E-state index in [1.54, 1.807) is 12.1 Å². The SMILES string of the molecule is C=C/C=C(\C)CNc1cccc(-c2nn3c(=O)cc(N4CCNCC4)nc3s2)c1. The Kier molecular flexibility index (Phi) is 5.73. The molecule has 0 unspecified atom stereocenters. The zero-order valence-electron chi connectivity index (χ0n) is 16.4. The maximum atomic E-state index is 12.6. The number of nitrogens with one attached hydrogen (secondary N) is 2. The van der Waals surface area contributed by atoms with Gasteiger partial charge in [-0.3, -0.25) is 4.79 Å². The van der Waals surface area contributed by atoms with Crippen LogP contribution >= 0.6 is 11.3 Å². The highest BCUT2D eigenvalue weighted by molar-refractivity contribution is 7.19. The fourth-order valence-electron chi connectivity index (χ4n) is 3.24. The number of allylic oxidation sites excluding steroid dienone is 2. The van der Waals surface area contributed by atoms with Crippen LogP contribution in [0.15, 0.2) is 59.4 Å². The third kappa shape index (κ3) is 4.38. The van der Waals surface area contributed by atoms with Crippen molar-refractivity contribution >= 4 is 27.8 Å². The third-order valence-electron chi connectivity index (χ3n) is 4.76. The Labute approximate surface area is 173 Å². The Balaban J connectivity index is 1.62. The molecule has 0 radical (unpaired) electrons. The predicted molar refractivity (Wildman–Crippen MR) is 120 cm³/mol. The molecule has 4 rings (SSSR count). The zero-order valence-corrected chi connectivity index (χ0v) is 17.2. The molecule has 2 N–H and O–H groups in total. The molecule has 1 aromatic carbocycles. The van der Waals surface area contributed by atoms with Crippen LogP contribution in [0.2, 0.25) is 0 Å². The second kappa shape index (κ2) is 8.59. The summed E-state index contributed by atoms with van der Waals surface area (Å²) in [6, 6.07) is 9.62. The molecule has 7 nitrogen and oxygen atoms in total. The highest BCUT2D eigenvalue weighted by Gasteiger charge is 2.16. The van der Waals surface area contributed by atoms with Gasteiger partial charge in [0.1, 0.15) is 10.8 Å². The summed E-state index contributed by atoms with van der Waals surface area (Å²) in [5, 5.41) is 12.0. The van der Waals surface area contributed by atoms with Crippen molar-refractivity contribution in [2.75, 3.05) is 42.9 Å². The summed E-state index contributed by atoms with van der Waals surface area (Å²) in [5.74, 6) is 0.728. The molecule has 1 saturated heterocycles. The Bertz CT molecular complexity index is 1110. The number of nitrogens with zero attached hydrogens (tertiary/aromatic N) is 4. The Hall–Kier alpha value is -2.97. The summed E-state index contributed by atoms with van der Waals surface area (Å²) in [6.07, 6.45) is 3.77. The maximum absolute atomic E-state index is 12.6. The van der Waals surface area contributed by atoms with E-state index >= 15 is 0 Å². The molecule has 2 aromatic heterocycles. The summed E-state index contributed by atoms with van der Waals surface area (Å²) in [6.45, 7) is 10.0. The van der Waals surface area contributed by atoms with Crippen molar-refractivity contribution in [1.82, 2.24) is 19.9 Å². The summed E-state index contributed by atoms with van der Waals surface area (Å²) < 4.78 is 1.39. The molecule has 0 spiro atoms. The van der Waals surface area contributed by atoms with Gasteiger partial charge in [0.15, 0.2) is 0 Å². The van der Waals surface area contributed by atoms with Gasteiger partial charge in [-0.1, -0.05) is 47.8 Å². The molecule has 29 heavy (non-hydrogen) atoms. The van der Waals surface area contributed by atoms with Crippen molar-refractivity contribution in [1.29, 1.82) is 0 Å². The smallest absolute Gasteiger partial charge is 0.277 e. The van der Waals surface area contributed by atoms with Gasteiger partial charge in [-0.25, -0.2) is 4.98 Å². The zero-order chi connectivity index (χ0) is 20.2. The van der Waals surface area contributed by atoms with Crippen molar-refractivity contribution in [2.45, 2.75) is 6.92 Å². The van der Waals surface area contributed by atoms with Gasteiger partial charge < -0.3 is 15.5 Å². The highest BCUT2D eigenvalue weighted by atomic mass is 32.1. The van der Waals surface area contributed by atoms with Crippen LogP contribution in [-0.4, -0.2) is 47.3 Å². The standard InChI is InChI=1S/C21H24N6OS/c1-3-5-15(2)14-23-17-7-4-6-16(12-17)20-25-27-19(28)13-18(24-21(27)29-20)26-10-8-22-9-11-26/h3-7,12-13,22-23H,1,8-11,14H2,2H3/b15-5+. The Morgan fingerprint density at radius 2 is 2.17 bits per heavy atom. The molecule has 1 fully saturated rings. The summed E-state index contributed by atoms with van der Waals surface area (Å²) in [4.78, 5) is 20.0. The summed E-state index contributed by atoms with van der Waals surface area (Å²) >= 11 is 1.43. The van der Waals surface area contributed by atoms with Crippen LogP contribution in [0.4, 0.5) is 11.5 Å². The van der Waals surface area contributed by atoms with Crippen LogP contribution in [0.3, 0.4) is 0 Å². The number of fused-ring (bicyclic) bond motifs is 1. The Morgan fingerprint density at radius 3 is 2.97 bits per heavy atom. The molecule has 150 valence electrons. The lowest BCUT2D eigenvalue weighted by Gasteiger charge is -2.27. The molecule has 1 aliphatic heterocycles. The quantitative estimate of drug-likeness (QED) is 0.611. The molecular formula is C21H24N6OS. The fourth-order valence-corrected chi connectivity index (χ4v) is 4.13. The van der Waals surface area contributed by atoms with Gasteiger partial charge >= 0.3 is 0 Å². The first kappa shape index (κ1) is 19.4. The number of benzene rings is 1. The molecule has 0 aliphatic carbocycles. The largest absolute Gasteiger partial charge is 0.381 e. The average molecular weight is 409 g/mol. The highest BCUT2D eigenvalue weighted by Crippen LogP contribution is 2.27. The van der Waals surface area contributed by atoms with Crippen molar-refractivity contribution in [3.63, 3.8) is 0 Å². The van der Waals surface area contributed by atoms with E-state index < -0.39 is 0 Å². The first-order valence-corrected chi connectivity index (χ1v) is 10.4. The number of aromatic nitrogens is 3. The fraction of sp³-hybridized carbons (Fsp3) is 0.286. The molecule has 1 aliphatic rings. The minimum absolute atomic E-state index is 0.148. The van der Waals surface area contributed by atoms with E-state index in [9.17, 15) is 4.79 Å². The maximum Gasteiger partial charge on any atom is 0.277 e. The summed E-state index contributed by atoms with van der Waals surface area (Å²) in [7, 11) is 0. The van der Waals surface area contributed by atoms with Crippen LogP contribution in [0, 0.1) is 0 Å². The van der Waals surface area contributed by atoms with Gasteiger partial charge in [0.05, 0.1) is 0 Å². The van der Waals surface area contributed by atoms with Gasteiger partial charge in [-0.2, -0.15) is 9.61 Å². The Morgan fingerprint density at radius 1 is 1.34 bits per heavy atom. The molecule has 3 aromatic rings. The number of hydrogen-bond acceptors (Lipinski definition) is 7. The van der Waals surface area contributed by atoms with Crippen molar-refractivity contribution in [2.24, 2.45) is 0 Å². The van der Waals surface area contributed by atoms with E-state index in [2.05, 4.69) is 34.1 Å². The lowest BCUT2D eigenvalue weighted by molar-refractivity contribution is 0.584. The molecule has 0 saturated carbocycles. The van der Waals surface area contributed by atoms with Crippen LogP contribution in [0.25, 0.3) is 15.5 Å². The van der Waals surface area contributed by atoms with Crippen molar-refractivity contribution in [3.05, 3.63) is 65.0 Å². The number of hydrogen-bond donors (Lipinski definition) is 2. The van der Waals surface area contributed by atoms with Gasteiger partial charge in [0.2, 0.25) is 4.96 Å². The van der Waals surface area contributed by atoms with Gasteiger partial charge in [-0.15, -0.1) is 0 Å². The van der Waals surface area contributed by atoms with E-state index in [1.807, 2.05) is 30.3 Å². The summed E-state index contributed by atoms with van der Waals surface area (Å²) in [5.41, 5.74) is 3.01. The molecule has 0 amide bonds. The number of rotatable bonds is 6. The lowest BCUT2D eigenvalue weighted by atomic mass is 10.2. The van der Waals surface area contributed by atoms with Gasteiger partial charge in [-0.05, 0) is 19.1 Å². The minimum atomic E-state index is -0.148. The predicted octanol–water partition coefficient (Wildman–Crippen LogP) is 2.77. The minimum Gasteiger partial charge on any atom is -0.381 e. The average Bonchev–Trinajstić information content (AvgIpc) is 3.18. The molecule has 8 heteroatoms. The van der Waals surface area contributed by atoms with Gasteiger partial charge in [0, 0.05) is 50.0 Å². The second-order valence-corrected chi connectivity index (χ2v) is 7.93. The first-order valence-electron chi connectivity index (χ1n) is 9.63. The lowest BCUT2D eigenvalue weighted by Crippen LogP contribution is -2.44. The van der Waals surface area contributed by atoms with Crippen LogP contribution in [0.1, 0.15) is 6.92 Å². The van der Waals surface area contributed by atoms with E-state index in [4.69, 9.17) is 4.98 Å². The third-order valence-corrected chi connectivity index (χ3v) is 5.71. The number of anilines is 2. The molecule has 0 bridgehead atoms. The molecule has 0 atom stereocenters. The number of piperazine rings is 1. The van der Waals surface area contributed by atoms with E-state index in [-0.39, 0.29) is 5.56 Å². The monoisotopic (exact) mass is 408 g/mol. The van der Waals surface area contributed by atoms with Crippen LogP contribution < -0.4 is 21.1 Å². The van der Waals surface area contributed by atoms with Crippen LogP contribution in [-0.2, 0) is 0 Å². The second-order valence-electron chi connectivity index (χ2n) is 6.97. The molecular weight excluding hydrogens is 384 g/mol. The van der Waals surface area contributed by atoms with E-state index in [1.165, 1.54) is 21.4 Å².